The van der Waals surface area contributed by atoms with Crippen LogP contribution in [0.1, 0.15) is 37.0 Å². The van der Waals surface area contributed by atoms with Gasteiger partial charge < -0.3 is 4.42 Å². The number of aryl methyl sites for hydroxylation is 1. The largest absolute Gasteiger partial charge is 0.459 e. The zero-order chi connectivity index (χ0) is 18.2. The molecule has 8 heteroatoms. The van der Waals surface area contributed by atoms with Crippen LogP contribution >= 0.6 is 11.3 Å². The van der Waals surface area contributed by atoms with Gasteiger partial charge in [-0.2, -0.15) is 5.10 Å². The molecule has 0 fully saturated rings. The normalized spacial score (nSPS) is 12.2. The van der Waals surface area contributed by atoms with Crippen molar-refractivity contribution in [1.29, 1.82) is 0 Å². The quantitative estimate of drug-likeness (QED) is 0.705. The van der Waals surface area contributed by atoms with Crippen LogP contribution < -0.4 is 4.72 Å². The summed E-state index contributed by atoms with van der Waals surface area (Å²) in [7, 11) is -3.67. The molecule has 3 aromatic heterocycles. The van der Waals surface area contributed by atoms with E-state index in [0.717, 1.165) is 10.6 Å². The predicted molar refractivity (Wildman–Crippen MR) is 98.1 cm³/mol. The van der Waals surface area contributed by atoms with Gasteiger partial charge in [0.15, 0.2) is 0 Å². The monoisotopic (exact) mass is 379 g/mol. The van der Waals surface area contributed by atoms with Gasteiger partial charge in [-0.25, -0.2) is 13.1 Å². The summed E-state index contributed by atoms with van der Waals surface area (Å²) in [6.45, 7) is 7.52. The van der Waals surface area contributed by atoms with Crippen molar-refractivity contribution in [3.05, 3.63) is 46.8 Å². The van der Waals surface area contributed by atoms with E-state index < -0.39 is 10.0 Å². The molecule has 0 aromatic carbocycles. The standard InChI is InChI=1S/C17H21N3O3S2/c1-11(2)20-13(4)17(12(3)19-20)25(21,22)18-10-14-7-8-15(23-14)16-6-5-9-24-16/h5-9,11,18H,10H2,1-4H3. The van der Waals surface area contributed by atoms with E-state index in [2.05, 4.69) is 9.82 Å². The van der Waals surface area contributed by atoms with Gasteiger partial charge in [-0.15, -0.1) is 11.3 Å². The van der Waals surface area contributed by atoms with Gasteiger partial charge in [-0.05, 0) is 51.3 Å². The van der Waals surface area contributed by atoms with Gasteiger partial charge in [0.05, 0.1) is 22.8 Å². The van der Waals surface area contributed by atoms with E-state index >= 15 is 0 Å². The Morgan fingerprint density at radius 1 is 1.28 bits per heavy atom. The van der Waals surface area contributed by atoms with Gasteiger partial charge >= 0.3 is 0 Å². The van der Waals surface area contributed by atoms with Crippen LogP contribution in [0.4, 0.5) is 0 Å². The van der Waals surface area contributed by atoms with Crippen LogP contribution in [0.15, 0.2) is 39.0 Å². The maximum absolute atomic E-state index is 12.7. The maximum Gasteiger partial charge on any atom is 0.244 e. The first-order chi connectivity index (χ1) is 11.8. The van der Waals surface area contributed by atoms with Crippen LogP contribution in [0.2, 0.25) is 0 Å². The Balaban J connectivity index is 1.79. The Labute approximate surface area is 151 Å². The summed E-state index contributed by atoms with van der Waals surface area (Å²) in [5, 5.41) is 6.31. The molecule has 0 atom stereocenters. The summed E-state index contributed by atoms with van der Waals surface area (Å²) in [5.41, 5.74) is 1.14. The van der Waals surface area contributed by atoms with Crippen LogP contribution in [0.3, 0.4) is 0 Å². The lowest BCUT2D eigenvalue weighted by Gasteiger charge is -2.09. The Morgan fingerprint density at radius 2 is 2.04 bits per heavy atom. The lowest BCUT2D eigenvalue weighted by atomic mass is 10.3. The van der Waals surface area contributed by atoms with Crippen LogP contribution in [0.25, 0.3) is 10.6 Å². The Morgan fingerprint density at radius 3 is 2.64 bits per heavy atom. The molecule has 134 valence electrons. The fraction of sp³-hybridized carbons (Fsp3) is 0.353. The Hall–Kier alpha value is -1.90. The topological polar surface area (TPSA) is 77.1 Å². The summed E-state index contributed by atoms with van der Waals surface area (Å²) in [4.78, 5) is 1.25. The molecule has 0 unspecified atom stereocenters. The highest BCUT2D eigenvalue weighted by Crippen LogP contribution is 2.27. The number of aromatic nitrogens is 2. The summed E-state index contributed by atoms with van der Waals surface area (Å²) in [5.74, 6) is 1.31. The number of nitrogens with zero attached hydrogens (tertiary/aromatic N) is 2. The zero-order valence-electron chi connectivity index (χ0n) is 14.6. The Kier molecular flexibility index (Phi) is 4.86. The first-order valence-electron chi connectivity index (χ1n) is 7.97. The van der Waals surface area contributed by atoms with E-state index in [1.807, 2.05) is 37.4 Å². The van der Waals surface area contributed by atoms with E-state index in [1.54, 1.807) is 35.9 Å². The van der Waals surface area contributed by atoms with Crippen LogP contribution in [-0.4, -0.2) is 18.2 Å². The highest BCUT2D eigenvalue weighted by atomic mass is 32.2. The third-order valence-electron chi connectivity index (χ3n) is 3.88. The molecule has 0 spiro atoms. The van der Waals surface area contributed by atoms with E-state index in [4.69, 9.17) is 4.42 Å². The minimum atomic E-state index is -3.67. The highest BCUT2D eigenvalue weighted by Gasteiger charge is 2.25. The molecule has 3 aromatic rings. The van der Waals surface area contributed by atoms with Crippen molar-refractivity contribution in [2.75, 3.05) is 0 Å². The third kappa shape index (κ3) is 3.56. The van der Waals surface area contributed by atoms with Crippen LogP contribution in [0, 0.1) is 13.8 Å². The molecule has 0 aliphatic carbocycles. The van der Waals surface area contributed by atoms with Crippen molar-refractivity contribution in [2.24, 2.45) is 0 Å². The molecule has 0 aliphatic heterocycles. The third-order valence-corrected chi connectivity index (χ3v) is 6.42. The molecule has 0 bridgehead atoms. The molecular formula is C17H21N3O3S2. The van der Waals surface area contributed by atoms with Gasteiger partial charge in [0, 0.05) is 6.04 Å². The van der Waals surface area contributed by atoms with E-state index in [0.29, 0.717) is 17.1 Å². The van der Waals surface area contributed by atoms with E-state index in [1.165, 1.54) is 0 Å². The molecule has 6 nitrogen and oxygen atoms in total. The lowest BCUT2D eigenvalue weighted by Crippen LogP contribution is -2.24. The molecule has 0 saturated heterocycles. The van der Waals surface area contributed by atoms with Crippen molar-refractivity contribution in [1.82, 2.24) is 14.5 Å². The molecule has 3 rings (SSSR count). The smallest absolute Gasteiger partial charge is 0.244 e. The SMILES string of the molecule is Cc1nn(C(C)C)c(C)c1S(=O)(=O)NCc1ccc(-c2cccs2)o1. The average molecular weight is 380 g/mol. The minimum absolute atomic E-state index is 0.0967. The van der Waals surface area contributed by atoms with Gasteiger partial charge in [0.1, 0.15) is 16.4 Å². The maximum atomic E-state index is 12.7. The molecule has 0 aliphatic rings. The first kappa shape index (κ1) is 17.9. The second-order valence-corrected chi connectivity index (χ2v) is 8.76. The van der Waals surface area contributed by atoms with E-state index in [9.17, 15) is 8.42 Å². The molecule has 3 heterocycles. The predicted octanol–water partition coefficient (Wildman–Crippen LogP) is 3.88. The summed E-state index contributed by atoms with van der Waals surface area (Å²) < 4.78 is 35.5. The second-order valence-electron chi connectivity index (χ2n) is 6.11. The lowest BCUT2D eigenvalue weighted by molar-refractivity contribution is 0.508. The molecule has 0 saturated carbocycles. The van der Waals surface area contributed by atoms with Gasteiger partial charge in [-0.3, -0.25) is 4.68 Å². The van der Waals surface area contributed by atoms with Gasteiger partial charge in [0.2, 0.25) is 10.0 Å². The van der Waals surface area contributed by atoms with Gasteiger partial charge in [-0.1, -0.05) is 6.07 Å². The highest BCUT2D eigenvalue weighted by molar-refractivity contribution is 7.89. The summed E-state index contributed by atoms with van der Waals surface area (Å²) >= 11 is 1.58. The van der Waals surface area contributed by atoms with Crippen LogP contribution in [-0.2, 0) is 16.6 Å². The molecule has 25 heavy (non-hydrogen) atoms. The van der Waals surface area contributed by atoms with Crippen molar-refractivity contribution < 1.29 is 12.8 Å². The number of sulfonamides is 1. The number of thiophene rings is 1. The number of hydrogen-bond acceptors (Lipinski definition) is 5. The number of nitrogens with one attached hydrogen (secondary N) is 1. The number of rotatable bonds is 6. The Bertz CT molecular complexity index is 967. The average Bonchev–Trinajstić information content (AvgIpc) is 3.24. The summed E-state index contributed by atoms with van der Waals surface area (Å²) in [6.07, 6.45) is 0. The second kappa shape index (κ2) is 6.78. The first-order valence-corrected chi connectivity index (χ1v) is 10.3. The number of hydrogen-bond donors (Lipinski definition) is 1. The van der Waals surface area contributed by atoms with Crippen molar-refractivity contribution in [3.63, 3.8) is 0 Å². The van der Waals surface area contributed by atoms with Crippen molar-refractivity contribution in [2.45, 2.75) is 45.2 Å². The number of furan rings is 1. The van der Waals surface area contributed by atoms with Crippen molar-refractivity contribution in [3.8, 4) is 10.6 Å². The minimum Gasteiger partial charge on any atom is -0.459 e. The fourth-order valence-corrected chi connectivity index (χ4v) is 4.88. The summed E-state index contributed by atoms with van der Waals surface area (Å²) in [6, 6.07) is 7.64. The van der Waals surface area contributed by atoms with Crippen LogP contribution in [0.5, 0.6) is 0 Å². The van der Waals surface area contributed by atoms with E-state index in [-0.39, 0.29) is 17.5 Å². The molecular weight excluding hydrogens is 358 g/mol. The molecule has 1 N–H and O–H groups in total. The molecule has 0 radical (unpaired) electrons. The zero-order valence-corrected chi connectivity index (χ0v) is 16.2. The van der Waals surface area contributed by atoms with Gasteiger partial charge in [0.25, 0.3) is 0 Å². The van der Waals surface area contributed by atoms with Crippen molar-refractivity contribution >= 4 is 21.4 Å². The fourth-order valence-electron chi connectivity index (χ4n) is 2.80. The molecule has 0 amide bonds.